The lowest BCUT2D eigenvalue weighted by Gasteiger charge is -2.09. The number of hydrogen-bond acceptors (Lipinski definition) is 4. The third-order valence-corrected chi connectivity index (χ3v) is 3.32. The molecule has 5 heteroatoms. The molecule has 0 heterocycles. The number of amides is 1. The highest BCUT2D eigenvalue weighted by Gasteiger charge is 2.11. The van der Waals surface area contributed by atoms with Gasteiger partial charge in [-0.1, -0.05) is 24.3 Å². The number of phenols is 1. The van der Waals surface area contributed by atoms with Gasteiger partial charge in [-0.3, -0.25) is 4.79 Å². The minimum absolute atomic E-state index is 0.00334. The maximum absolute atomic E-state index is 12.1. The lowest BCUT2D eigenvalue weighted by molar-refractivity contribution is 0.0954. The van der Waals surface area contributed by atoms with E-state index in [1.165, 1.54) is 7.11 Å². The Morgan fingerprint density at radius 3 is 2.50 bits per heavy atom. The molecule has 2 aromatic carbocycles. The van der Waals surface area contributed by atoms with Crippen molar-refractivity contribution in [1.82, 2.24) is 5.43 Å². The molecule has 22 heavy (non-hydrogen) atoms. The van der Waals surface area contributed by atoms with Crippen molar-refractivity contribution in [1.29, 1.82) is 0 Å². The van der Waals surface area contributed by atoms with Crippen molar-refractivity contribution >= 4 is 11.6 Å². The normalized spacial score (nSPS) is 11.1. The summed E-state index contributed by atoms with van der Waals surface area (Å²) in [6.45, 7) is 3.56. The monoisotopic (exact) mass is 298 g/mol. The van der Waals surface area contributed by atoms with E-state index in [9.17, 15) is 9.90 Å². The van der Waals surface area contributed by atoms with Gasteiger partial charge in [-0.05, 0) is 37.6 Å². The quantitative estimate of drug-likeness (QED) is 0.673. The number of carbonyl (C=O) groups excluding carboxylic acids is 1. The molecule has 0 aromatic heterocycles. The highest BCUT2D eigenvalue weighted by molar-refractivity contribution is 6.03. The largest absolute Gasteiger partial charge is 0.504 e. The van der Waals surface area contributed by atoms with Crippen LogP contribution in [0.15, 0.2) is 47.6 Å². The summed E-state index contributed by atoms with van der Waals surface area (Å²) in [5.41, 5.74) is 4.92. The molecule has 0 atom stereocenters. The van der Waals surface area contributed by atoms with Gasteiger partial charge in [0.15, 0.2) is 11.5 Å². The van der Waals surface area contributed by atoms with Crippen LogP contribution in [-0.2, 0) is 0 Å². The molecular formula is C17H18N2O3. The van der Waals surface area contributed by atoms with Crippen LogP contribution in [0.25, 0.3) is 0 Å². The first kappa shape index (κ1) is 15.6. The fraction of sp³-hybridized carbons (Fsp3) is 0.176. The van der Waals surface area contributed by atoms with Gasteiger partial charge in [-0.2, -0.15) is 5.10 Å². The number of aryl methyl sites for hydroxylation is 1. The SMILES string of the molecule is COc1cccc(/C(C)=N/NC(=O)c2ccccc2C)c1O. The Morgan fingerprint density at radius 1 is 1.14 bits per heavy atom. The zero-order valence-corrected chi connectivity index (χ0v) is 12.8. The van der Waals surface area contributed by atoms with Gasteiger partial charge in [0.1, 0.15) is 0 Å². The van der Waals surface area contributed by atoms with Crippen molar-refractivity contribution in [2.45, 2.75) is 13.8 Å². The molecule has 0 saturated carbocycles. The van der Waals surface area contributed by atoms with E-state index in [1.807, 2.05) is 19.1 Å². The second-order valence-corrected chi connectivity index (χ2v) is 4.81. The van der Waals surface area contributed by atoms with Crippen LogP contribution in [0.2, 0.25) is 0 Å². The molecule has 0 bridgehead atoms. The Morgan fingerprint density at radius 2 is 1.82 bits per heavy atom. The van der Waals surface area contributed by atoms with Gasteiger partial charge in [-0.15, -0.1) is 0 Å². The van der Waals surface area contributed by atoms with Gasteiger partial charge in [-0.25, -0.2) is 5.43 Å². The van der Waals surface area contributed by atoms with Gasteiger partial charge in [0.2, 0.25) is 0 Å². The number of ether oxygens (including phenoxy) is 1. The van der Waals surface area contributed by atoms with E-state index in [-0.39, 0.29) is 11.7 Å². The third kappa shape index (κ3) is 3.25. The summed E-state index contributed by atoms with van der Waals surface area (Å²) in [6, 6.07) is 12.4. The maximum Gasteiger partial charge on any atom is 0.271 e. The summed E-state index contributed by atoms with van der Waals surface area (Å²) in [6.07, 6.45) is 0. The van der Waals surface area contributed by atoms with E-state index in [2.05, 4.69) is 10.5 Å². The Balaban J connectivity index is 2.20. The van der Waals surface area contributed by atoms with Crippen LogP contribution in [0.3, 0.4) is 0 Å². The van der Waals surface area contributed by atoms with Gasteiger partial charge in [0, 0.05) is 11.1 Å². The van der Waals surface area contributed by atoms with Crippen molar-refractivity contribution in [3.05, 3.63) is 59.2 Å². The van der Waals surface area contributed by atoms with Gasteiger partial charge >= 0.3 is 0 Å². The predicted octanol–water partition coefficient (Wildman–Crippen LogP) is 2.86. The molecule has 114 valence electrons. The maximum atomic E-state index is 12.1. The molecule has 0 radical (unpaired) electrons. The summed E-state index contributed by atoms with van der Waals surface area (Å²) < 4.78 is 5.05. The van der Waals surface area contributed by atoms with Crippen LogP contribution in [0, 0.1) is 6.92 Å². The summed E-state index contributed by atoms with van der Waals surface area (Å²) in [7, 11) is 1.48. The summed E-state index contributed by atoms with van der Waals surface area (Å²) in [4.78, 5) is 12.1. The Bertz CT molecular complexity index is 724. The number of aromatic hydroxyl groups is 1. The molecule has 0 aliphatic rings. The van der Waals surface area contributed by atoms with E-state index < -0.39 is 0 Å². The van der Waals surface area contributed by atoms with Crippen molar-refractivity contribution in [2.75, 3.05) is 7.11 Å². The van der Waals surface area contributed by atoms with E-state index >= 15 is 0 Å². The van der Waals surface area contributed by atoms with E-state index in [0.717, 1.165) is 5.56 Å². The first-order valence-electron chi connectivity index (χ1n) is 6.81. The number of benzene rings is 2. The second-order valence-electron chi connectivity index (χ2n) is 4.81. The smallest absolute Gasteiger partial charge is 0.271 e. The molecule has 2 rings (SSSR count). The molecule has 5 nitrogen and oxygen atoms in total. The fourth-order valence-corrected chi connectivity index (χ4v) is 2.06. The number of nitrogens with one attached hydrogen (secondary N) is 1. The topological polar surface area (TPSA) is 70.9 Å². The number of para-hydroxylation sites is 1. The minimum atomic E-state index is -0.292. The van der Waals surface area contributed by atoms with E-state index in [4.69, 9.17) is 4.74 Å². The van der Waals surface area contributed by atoms with Gasteiger partial charge < -0.3 is 9.84 Å². The van der Waals surface area contributed by atoms with Crippen molar-refractivity contribution in [3.63, 3.8) is 0 Å². The number of carbonyl (C=O) groups is 1. The van der Waals surface area contributed by atoms with Gasteiger partial charge in [0.25, 0.3) is 5.91 Å². The molecule has 0 aliphatic heterocycles. The first-order valence-corrected chi connectivity index (χ1v) is 6.81. The van der Waals surface area contributed by atoms with E-state index in [1.54, 1.807) is 37.3 Å². The van der Waals surface area contributed by atoms with Crippen LogP contribution in [0.5, 0.6) is 11.5 Å². The molecule has 0 fully saturated rings. The molecule has 2 N–H and O–H groups in total. The fourth-order valence-electron chi connectivity index (χ4n) is 2.06. The van der Waals surface area contributed by atoms with Gasteiger partial charge in [0.05, 0.1) is 12.8 Å². The Kier molecular flexibility index (Phi) is 4.78. The predicted molar refractivity (Wildman–Crippen MR) is 85.5 cm³/mol. The molecule has 0 aliphatic carbocycles. The third-order valence-electron chi connectivity index (χ3n) is 3.32. The van der Waals surface area contributed by atoms with Crippen molar-refractivity contribution in [3.8, 4) is 11.5 Å². The van der Waals surface area contributed by atoms with E-state index in [0.29, 0.717) is 22.6 Å². The van der Waals surface area contributed by atoms with Crippen LogP contribution < -0.4 is 10.2 Å². The molecule has 0 spiro atoms. The minimum Gasteiger partial charge on any atom is -0.504 e. The zero-order valence-electron chi connectivity index (χ0n) is 12.8. The lowest BCUT2D eigenvalue weighted by atomic mass is 10.1. The number of rotatable bonds is 4. The number of hydrogen-bond donors (Lipinski definition) is 2. The number of nitrogens with zero attached hydrogens (tertiary/aromatic N) is 1. The average Bonchev–Trinajstić information content (AvgIpc) is 2.53. The Labute approximate surface area is 129 Å². The van der Waals surface area contributed by atoms with Crippen LogP contribution >= 0.6 is 0 Å². The second kappa shape index (κ2) is 6.76. The summed E-state index contributed by atoms with van der Waals surface area (Å²) >= 11 is 0. The summed E-state index contributed by atoms with van der Waals surface area (Å²) in [5.74, 6) is 0.0634. The standard InChI is InChI=1S/C17H18N2O3/c1-11-7-4-5-8-13(11)17(21)19-18-12(2)14-9-6-10-15(22-3)16(14)20/h4-10,20H,1-3H3,(H,19,21)/b18-12+. The number of methoxy groups -OCH3 is 1. The first-order chi connectivity index (χ1) is 10.5. The number of hydrazone groups is 1. The van der Waals surface area contributed by atoms with Crippen molar-refractivity contribution < 1.29 is 14.6 Å². The average molecular weight is 298 g/mol. The molecular weight excluding hydrogens is 280 g/mol. The molecule has 0 unspecified atom stereocenters. The van der Waals surface area contributed by atoms with Crippen LogP contribution in [0.4, 0.5) is 0 Å². The molecule has 2 aromatic rings. The highest BCUT2D eigenvalue weighted by atomic mass is 16.5. The van der Waals surface area contributed by atoms with Crippen molar-refractivity contribution in [2.24, 2.45) is 5.10 Å². The molecule has 0 saturated heterocycles. The summed E-state index contributed by atoms with van der Waals surface area (Å²) in [5, 5.41) is 14.1. The Hall–Kier alpha value is -2.82. The van der Waals surface area contributed by atoms with Crippen LogP contribution in [0.1, 0.15) is 28.4 Å². The number of phenolic OH excluding ortho intramolecular Hbond substituents is 1. The van der Waals surface area contributed by atoms with Crippen LogP contribution in [-0.4, -0.2) is 23.8 Å². The lowest BCUT2D eigenvalue weighted by Crippen LogP contribution is -2.20. The molecule has 1 amide bonds. The zero-order chi connectivity index (χ0) is 16.1. The highest BCUT2D eigenvalue weighted by Crippen LogP contribution is 2.29.